The normalized spacial score (nSPS) is 10.9. The number of hydrogen-bond donors (Lipinski definition) is 0. The number of Topliss-reactive ketones (excluding diaryl/α,β-unsaturated/α-hetero) is 1. The molecule has 0 radical (unpaired) electrons. The van der Waals surface area contributed by atoms with Crippen LogP contribution in [0.1, 0.15) is 44.5 Å². The SMILES string of the molecule is COc1ccc(CCn2c(C)c(C(C)=O)c3cc(OC(=O)c4ccc(C)cc4)ccc32)cc1OC. The van der Waals surface area contributed by atoms with Gasteiger partial charge in [-0.2, -0.15) is 0 Å². The van der Waals surface area contributed by atoms with Crippen molar-refractivity contribution in [1.82, 2.24) is 4.57 Å². The molecule has 0 unspecified atom stereocenters. The second kappa shape index (κ2) is 10.1. The van der Waals surface area contributed by atoms with E-state index in [4.69, 9.17) is 14.2 Å². The standard InChI is InChI=1S/C29H29NO5/c1-18-6-9-22(10-7-18)29(32)35-23-11-12-25-24(17-23)28(20(3)31)19(2)30(25)15-14-21-8-13-26(33-4)27(16-21)34-5/h6-13,16-17H,14-15H2,1-5H3. The minimum Gasteiger partial charge on any atom is -0.493 e. The highest BCUT2D eigenvalue weighted by Gasteiger charge is 2.19. The summed E-state index contributed by atoms with van der Waals surface area (Å²) >= 11 is 0. The van der Waals surface area contributed by atoms with Crippen molar-refractivity contribution in [3.63, 3.8) is 0 Å². The molecule has 6 nitrogen and oxygen atoms in total. The van der Waals surface area contributed by atoms with Gasteiger partial charge in [0.15, 0.2) is 17.3 Å². The Morgan fingerprint density at radius 1 is 0.857 bits per heavy atom. The summed E-state index contributed by atoms with van der Waals surface area (Å²) in [6.45, 7) is 6.15. The average molecular weight is 472 g/mol. The number of rotatable bonds is 8. The monoisotopic (exact) mass is 471 g/mol. The molecule has 180 valence electrons. The maximum Gasteiger partial charge on any atom is 0.343 e. The van der Waals surface area contributed by atoms with Gasteiger partial charge in [0.05, 0.1) is 19.8 Å². The maximum atomic E-state index is 12.6. The van der Waals surface area contributed by atoms with Gasteiger partial charge < -0.3 is 18.8 Å². The molecule has 3 aromatic carbocycles. The fourth-order valence-corrected chi connectivity index (χ4v) is 4.39. The molecule has 0 aliphatic carbocycles. The lowest BCUT2D eigenvalue weighted by atomic mass is 10.1. The first-order valence-corrected chi connectivity index (χ1v) is 11.5. The molecule has 0 amide bonds. The lowest BCUT2D eigenvalue weighted by Crippen LogP contribution is -2.08. The van der Waals surface area contributed by atoms with Crippen molar-refractivity contribution >= 4 is 22.7 Å². The van der Waals surface area contributed by atoms with Crippen molar-refractivity contribution in [1.29, 1.82) is 0 Å². The lowest BCUT2D eigenvalue weighted by molar-refractivity contribution is 0.0735. The van der Waals surface area contributed by atoms with Gasteiger partial charge in [-0.25, -0.2) is 4.79 Å². The Bertz CT molecular complexity index is 1400. The summed E-state index contributed by atoms with van der Waals surface area (Å²) in [5.41, 5.74) is 5.08. The molecule has 0 aliphatic rings. The van der Waals surface area contributed by atoms with Gasteiger partial charge in [-0.05, 0) is 75.2 Å². The lowest BCUT2D eigenvalue weighted by Gasteiger charge is -2.12. The Labute approximate surface area is 205 Å². The number of ether oxygens (including phenoxy) is 3. The number of methoxy groups -OCH3 is 2. The van der Waals surface area contributed by atoms with E-state index < -0.39 is 5.97 Å². The molecule has 0 saturated carbocycles. The minimum atomic E-state index is -0.432. The zero-order valence-electron chi connectivity index (χ0n) is 20.7. The summed E-state index contributed by atoms with van der Waals surface area (Å²) in [6.07, 6.45) is 0.743. The quantitative estimate of drug-likeness (QED) is 0.181. The Morgan fingerprint density at radius 2 is 1.57 bits per heavy atom. The van der Waals surface area contributed by atoms with E-state index >= 15 is 0 Å². The summed E-state index contributed by atoms with van der Waals surface area (Å²) in [5, 5.41) is 0.775. The van der Waals surface area contributed by atoms with Crippen molar-refractivity contribution in [3.8, 4) is 17.2 Å². The molecule has 35 heavy (non-hydrogen) atoms. The van der Waals surface area contributed by atoms with Crippen molar-refractivity contribution in [2.24, 2.45) is 0 Å². The highest BCUT2D eigenvalue weighted by Crippen LogP contribution is 2.32. The number of fused-ring (bicyclic) bond motifs is 1. The zero-order valence-corrected chi connectivity index (χ0v) is 20.7. The summed E-state index contributed by atoms with van der Waals surface area (Å²) in [6, 6.07) is 18.5. The third-order valence-corrected chi connectivity index (χ3v) is 6.22. The second-order valence-corrected chi connectivity index (χ2v) is 8.54. The topological polar surface area (TPSA) is 66.8 Å². The van der Waals surface area contributed by atoms with Crippen LogP contribution < -0.4 is 14.2 Å². The van der Waals surface area contributed by atoms with E-state index in [2.05, 4.69) is 4.57 Å². The molecule has 6 heteroatoms. The third-order valence-electron chi connectivity index (χ3n) is 6.22. The number of aryl methyl sites for hydroxylation is 3. The number of aromatic nitrogens is 1. The van der Waals surface area contributed by atoms with Crippen LogP contribution in [-0.4, -0.2) is 30.5 Å². The zero-order chi connectivity index (χ0) is 25.1. The highest BCUT2D eigenvalue weighted by atomic mass is 16.5. The Balaban J connectivity index is 1.64. The number of benzene rings is 3. The molecule has 0 aliphatic heterocycles. The van der Waals surface area contributed by atoms with Crippen LogP contribution >= 0.6 is 0 Å². The van der Waals surface area contributed by atoms with Crippen LogP contribution in [0.15, 0.2) is 60.7 Å². The van der Waals surface area contributed by atoms with Crippen LogP contribution in [0.3, 0.4) is 0 Å². The predicted molar refractivity (Wildman–Crippen MR) is 136 cm³/mol. The van der Waals surface area contributed by atoms with E-state index in [0.717, 1.165) is 34.1 Å². The van der Waals surface area contributed by atoms with Gasteiger partial charge in [0.2, 0.25) is 0 Å². The molecule has 1 heterocycles. The number of esters is 1. The molecule has 0 bridgehead atoms. The molecule has 0 saturated heterocycles. The second-order valence-electron chi connectivity index (χ2n) is 8.54. The van der Waals surface area contributed by atoms with Gasteiger partial charge in [0, 0.05) is 28.7 Å². The summed E-state index contributed by atoms with van der Waals surface area (Å²) in [5.74, 6) is 1.31. The number of ketones is 1. The Morgan fingerprint density at radius 3 is 2.23 bits per heavy atom. The van der Waals surface area contributed by atoms with Crippen LogP contribution in [0.25, 0.3) is 10.9 Å². The van der Waals surface area contributed by atoms with Crippen molar-refractivity contribution in [2.75, 3.05) is 14.2 Å². The fourth-order valence-electron chi connectivity index (χ4n) is 4.39. The number of hydrogen-bond acceptors (Lipinski definition) is 5. The molecular weight excluding hydrogens is 442 g/mol. The molecule has 4 aromatic rings. The third kappa shape index (κ3) is 4.92. The first-order chi connectivity index (χ1) is 16.8. The van der Waals surface area contributed by atoms with E-state index in [0.29, 0.717) is 34.9 Å². The van der Waals surface area contributed by atoms with E-state index in [1.54, 1.807) is 45.4 Å². The van der Waals surface area contributed by atoms with Gasteiger partial charge in [-0.15, -0.1) is 0 Å². The first kappa shape index (κ1) is 24.1. The van der Waals surface area contributed by atoms with E-state index in [-0.39, 0.29) is 5.78 Å². The first-order valence-electron chi connectivity index (χ1n) is 11.5. The molecule has 4 rings (SSSR count). The summed E-state index contributed by atoms with van der Waals surface area (Å²) < 4.78 is 18.5. The molecular formula is C29H29NO5. The minimum absolute atomic E-state index is 0.0284. The van der Waals surface area contributed by atoms with Crippen molar-refractivity contribution < 1.29 is 23.8 Å². The van der Waals surface area contributed by atoms with Gasteiger partial charge in [-0.3, -0.25) is 4.79 Å². The summed E-state index contributed by atoms with van der Waals surface area (Å²) in [7, 11) is 3.23. The van der Waals surface area contributed by atoms with Crippen LogP contribution in [0.4, 0.5) is 0 Å². The van der Waals surface area contributed by atoms with Crippen LogP contribution in [0.5, 0.6) is 17.2 Å². The van der Waals surface area contributed by atoms with Crippen molar-refractivity contribution in [2.45, 2.75) is 33.7 Å². The van der Waals surface area contributed by atoms with E-state index in [1.807, 2.05) is 50.2 Å². The Hall–Kier alpha value is -4.06. The Kier molecular flexibility index (Phi) is 6.92. The van der Waals surface area contributed by atoms with Gasteiger partial charge in [0.25, 0.3) is 0 Å². The van der Waals surface area contributed by atoms with Gasteiger partial charge >= 0.3 is 5.97 Å². The van der Waals surface area contributed by atoms with Crippen LogP contribution in [-0.2, 0) is 13.0 Å². The largest absolute Gasteiger partial charge is 0.493 e. The molecule has 0 spiro atoms. The number of nitrogens with zero attached hydrogens (tertiary/aromatic N) is 1. The van der Waals surface area contributed by atoms with E-state index in [9.17, 15) is 9.59 Å². The fraction of sp³-hybridized carbons (Fsp3) is 0.241. The highest BCUT2D eigenvalue weighted by molar-refractivity contribution is 6.09. The summed E-state index contributed by atoms with van der Waals surface area (Å²) in [4.78, 5) is 25.2. The molecule has 0 fully saturated rings. The van der Waals surface area contributed by atoms with Gasteiger partial charge in [0.1, 0.15) is 5.75 Å². The molecule has 0 N–H and O–H groups in total. The maximum absolute atomic E-state index is 12.6. The van der Waals surface area contributed by atoms with Gasteiger partial charge in [-0.1, -0.05) is 23.8 Å². The van der Waals surface area contributed by atoms with Crippen LogP contribution in [0, 0.1) is 13.8 Å². The van der Waals surface area contributed by atoms with E-state index in [1.165, 1.54) is 0 Å². The van der Waals surface area contributed by atoms with Crippen molar-refractivity contribution in [3.05, 3.63) is 88.6 Å². The predicted octanol–water partition coefficient (Wildman–Crippen LogP) is 5.94. The number of carbonyl (C=O) groups is 2. The smallest absolute Gasteiger partial charge is 0.343 e. The molecule has 0 atom stereocenters. The number of carbonyl (C=O) groups excluding carboxylic acids is 2. The van der Waals surface area contributed by atoms with Crippen LogP contribution in [0.2, 0.25) is 0 Å². The average Bonchev–Trinajstić information content (AvgIpc) is 3.13. The molecule has 1 aromatic heterocycles.